The van der Waals surface area contributed by atoms with Crippen LogP contribution in [-0.2, 0) is 14.4 Å². The molecule has 0 aliphatic rings. The molecule has 0 saturated carbocycles. The van der Waals surface area contributed by atoms with Gasteiger partial charge in [0.2, 0.25) is 0 Å². The molecule has 3 N–H and O–H groups in total. The van der Waals surface area contributed by atoms with Crippen LogP contribution in [0.2, 0.25) is 0 Å². The molecule has 36 heavy (non-hydrogen) atoms. The largest absolute Gasteiger partial charge is 0.481 e. The highest BCUT2D eigenvalue weighted by atomic mass is 16.4. The molecule has 0 saturated heterocycles. The van der Waals surface area contributed by atoms with Crippen molar-refractivity contribution in [1.29, 1.82) is 0 Å². The lowest BCUT2D eigenvalue weighted by Gasteiger charge is -2.04. The van der Waals surface area contributed by atoms with Crippen LogP contribution in [0.25, 0.3) is 0 Å². The van der Waals surface area contributed by atoms with Gasteiger partial charge in [-0.25, -0.2) is 4.79 Å². The van der Waals surface area contributed by atoms with Gasteiger partial charge in [-0.15, -0.1) is 0 Å². The number of unbranched alkanes of at least 4 members (excludes halogenated alkanes) is 20. The summed E-state index contributed by atoms with van der Waals surface area (Å²) >= 11 is 0. The van der Waals surface area contributed by atoms with E-state index in [2.05, 4.69) is 0 Å². The second kappa shape index (κ2) is 26.0. The van der Waals surface area contributed by atoms with Crippen LogP contribution in [0.1, 0.15) is 148 Å². The lowest BCUT2D eigenvalue weighted by Crippen LogP contribution is -1.98. The zero-order valence-electron chi connectivity index (χ0n) is 22.6. The van der Waals surface area contributed by atoms with Gasteiger partial charge in [0.25, 0.3) is 0 Å². The van der Waals surface area contributed by atoms with Gasteiger partial charge in [0.1, 0.15) is 0 Å². The first-order valence-electron chi connectivity index (χ1n) is 14.5. The fourth-order valence-corrected chi connectivity index (χ4v) is 4.45. The number of hydrogen-bond acceptors (Lipinski definition) is 3. The minimum absolute atomic E-state index is 0.260. The van der Waals surface area contributed by atoms with Crippen LogP contribution in [0, 0.1) is 0 Å². The number of carboxylic acids is 3. The number of hydrogen-bond donors (Lipinski definition) is 3. The van der Waals surface area contributed by atoms with Crippen molar-refractivity contribution in [3.05, 3.63) is 23.8 Å². The Morgan fingerprint density at radius 1 is 0.472 bits per heavy atom. The van der Waals surface area contributed by atoms with Gasteiger partial charge >= 0.3 is 17.9 Å². The Labute approximate surface area is 219 Å². The van der Waals surface area contributed by atoms with Gasteiger partial charge in [0, 0.05) is 12.5 Å². The highest BCUT2D eigenvalue weighted by Gasteiger charge is 2.03. The van der Waals surface area contributed by atoms with E-state index in [0.29, 0.717) is 12.0 Å². The minimum atomic E-state index is -1.11. The first-order valence-corrected chi connectivity index (χ1v) is 14.5. The molecule has 0 bridgehead atoms. The van der Waals surface area contributed by atoms with Crippen molar-refractivity contribution in [2.24, 2.45) is 0 Å². The third kappa shape index (κ3) is 28.1. The van der Waals surface area contributed by atoms with Crippen molar-refractivity contribution in [2.75, 3.05) is 0 Å². The van der Waals surface area contributed by atoms with Crippen molar-refractivity contribution in [3.63, 3.8) is 0 Å². The van der Waals surface area contributed by atoms with Crippen LogP contribution < -0.4 is 0 Å². The maximum absolute atomic E-state index is 10.8. The normalized spacial score (nSPS) is 11.8. The third-order valence-corrected chi connectivity index (χ3v) is 6.51. The smallest absolute Gasteiger partial charge is 0.328 e. The van der Waals surface area contributed by atoms with Gasteiger partial charge in [0.15, 0.2) is 0 Å². The second-order valence-electron chi connectivity index (χ2n) is 10.0. The van der Waals surface area contributed by atoms with Gasteiger partial charge in [0.05, 0.1) is 6.42 Å². The molecule has 0 aliphatic carbocycles. The van der Waals surface area contributed by atoms with Crippen LogP contribution in [0.4, 0.5) is 0 Å². The van der Waals surface area contributed by atoms with Gasteiger partial charge in [-0.3, -0.25) is 9.59 Å². The summed E-state index contributed by atoms with van der Waals surface area (Å²) in [7, 11) is 0. The molecule has 6 heteroatoms. The molecule has 0 amide bonds. The average molecular weight is 509 g/mol. The highest BCUT2D eigenvalue weighted by Crippen LogP contribution is 2.15. The summed E-state index contributed by atoms with van der Waals surface area (Å²) in [6, 6.07) is 0. The summed E-state index contributed by atoms with van der Waals surface area (Å²) in [5, 5.41) is 26.2. The molecular weight excluding hydrogens is 456 g/mol. The van der Waals surface area contributed by atoms with Gasteiger partial charge in [-0.05, 0) is 24.8 Å². The lowest BCUT2D eigenvalue weighted by atomic mass is 10.0. The summed E-state index contributed by atoms with van der Waals surface area (Å²) in [6.45, 7) is 0. The predicted octanol–water partition coefficient (Wildman–Crippen LogP) is 8.70. The monoisotopic (exact) mass is 508 g/mol. The first-order chi connectivity index (χ1) is 17.4. The van der Waals surface area contributed by atoms with Crippen molar-refractivity contribution >= 4 is 17.9 Å². The number of carbonyl (C=O) groups is 3. The van der Waals surface area contributed by atoms with E-state index in [1.807, 2.05) is 6.08 Å². The quantitative estimate of drug-likeness (QED) is 0.0581. The van der Waals surface area contributed by atoms with E-state index < -0.39 is 17.9 Å². The van der Waals surface area contributed by atoms with Gasteiger partial charge < -0.3 is 15.3 Å². The number of aliphatic carboxylic acids is 3. The molecule has 0 spiro atoms. The Balaban J connectivity index is 3.31. The van der Waals surface area contributed by atoms with Crippen LogP contribution in [0.15, 0.2) is 23.8 Å². The molecular formula is C30H52O6. The minimum Gasteiger partial charge on any atom is -0.481 e. The van der Waals surface area contributed by atoms with E-state index in [4.69, 9.17) is 15.3 Å². The summed E-state index contributed by atoms with van der Waals surface area (Å²) in [5.74, 6) is -2.81. The van der Waals surface area contributed by atoms with Crippen LogP contribution in [-0.4, -0.2) is 33.2 Å². The third-order valence-electron chi connectivity index (χ3n) is 6.51. The Morgan fingerprint density at radius 3 is 1.17 bits per heavy atom. The van der Waals surface area contributed by atoms with Gasteiger partial charge in [-0.1, -0.05) is 128 Å². The molecule has 0 rings (SSSR count). The summed E-state index contributed by atoms with van der Waals surface area (Å²) in [4.78, 5) is 31.9. The van der Waals surface area contributed by atoms with Crippen molar-refractivity contribution in [2.45, 2.75) is 148 Å². The molecule has 0 fully saturated rings. The van der Waals surface area contributed by atoms with Crippen molar-refractivity contribution < 1.29 is 29.7 Å². The van der Waals surface area contributed by atoms with E-state index in [-0.39, 0.29) is 6.42 Å². The molecule has 6 nitrogen and oxygen atoms in total. The predicted molar refractivity (Wildman–Crippen MR) is 146 cm³/mol. The maximum Gasteiger partial charge on any atom is 0.328 e. The van der Waals surface area contributed by atoms with Crippen LogP contribution in [0.5, 0.6) is 0 Å². The summed E-state index contributed by atoms with van der Waals surface area (Å²) in [6.07, 6.45) is 30.5. The van der Waals surface area contributed by atoms with Crippen LogP contribution >= 0.6 is 0 Å². The van der Waals surface area contributed by atoms with Crippen molar-refractivity contribution in [3.8, 4) is 0 Å². The standard InChI is InChI=1S/C30H52O6/c31-28(32)24-22-20-18-16-14-12-10-8-6-4-2-1-3-5-7-9-11-13-15-17-19-21-23-27(25-29(33)34)26-30(35)36/h21,23,25H,1-20,22,24,26H2,(H,31,32)(H,33,34)(H,35,36)/b23-21+,27-25+. The number of allylic oxidation sites excluding steroid dienone is 2. The fourth-order valence-electron chi connectivity index (χ4n) is 4.45. The number of carboxylic acid groups (broad SMARTS) is 3. The molecule has 0 aromatic heterocycles. The van der Waals surface area contributed by atoms with Crippen molar-refractivity contribution in [1.82, 2.24) is 0 Å². The molecule has 0 atom stereocenters. The number of rotatable bonds is 27. The van der Waals surface area contributed by atoms with E-state index in [1.54, 1.807) is 6.08 Å². The Bertz CT molecular complexity index is 623. The lowest BCUT2D eigenvalue weighted by molar-refractivity contribution is -0.137. The fraction of sp³-hybridized carbons (Fsp3) is 0.767. The van der Waals surface area contributed by atoms with E-state index >= 15 is 0 Å². The average Bonchev–Trinajstić information content (AvgIpc) is 2.80. The summed E-state index contributed by atoms with van der Waals surface area (Å²) < 4.78 is 0. The molecule has 0 aromatic carbocycles. The molecule has 0 unspecified atom stereocenters. The first kappa shape index (κ1) is 33.9. The maximum atomic E-state index is 10.8. The molecule has 0 radical (unpaired) electrons. The summed E-state index contributed by atoms with van der Waals surface area (Å²) in [5.41, 5.74) is 0.324. The molecule has 208 valence electrons. The Kier molecular flexibility index (Phi) is 24.4. The highest BCUT2D eigenvalue weighted by molar-refractivity contribution is 5.83. The van der Waals surface area contributed by atoms with E-state index in [1.165, 1.54) is 103 Å². The molecule has 0 heterocycles. The Hall–Kier alpha value is -2.11. The second-order valence-corrected chi connectivity index (χ2v) is 10.0. The zero-order chi connectivity index (χ0) is 26.7. The SMILES string of the molecule is O=C(O)/C=C(\C=C\CCCCCCCCCCCCCCCCCCCCCCC(=O)O)CC(=O)O. The Morgan fingerprint density at radius 2 is 0.833 bits per heavy atom. The van der Waals surface area contributed by atoms with E-state index in [0.717, 1.165) is 38.2 Å². The zero-order valence-corrected chi connectivity index (χ0v) is 22.6. The van der Waals surface area contributed by atoms with E-state index in [9.17, 15) is 14.4 Å². The van der Waals surface area contributed by atoms with Crippen LogP contribution in [0.3, 0.4) is 0 Å². The molecule has 0 aliphatic heterocycles. The van der Waals surface area contributed by atoms with Gasteiger partial charge in [-0.2, -0.15) is 0 Å². The topological polar surface area (TPSA) is 112 Å². The molecule has 0 aromatic rings.